The second-order valence-corrected chi connectivity index (χ2v) is 7.85. The van der Waals surface area contributed by atoms with E-state index in [1.54, 1.807) is 6.92 Å². The van der Waals surface area contributed by atoms with Crippen LogP contribution >= 0.6 is 23.6 Å². The number of thiocarbonyl (C=S) groups is 1. The van der Waals surface area contributed by atoms with Crippen molar-refractivity contribution < 1.29 is 14.3 Å². The van der Waals surface area contributed by atoms with Crippen LogP contribution in [0.2, 0.25) is 0 Å². The number of carbonyl (C=O) groups excluding carboxylic acids is 1. The SMILES string of the molecule is CCOC(=O)c1cc(Cc2ccccc2)sc1NC(=S)NCC1CCCO1. The van der Waals surface area contributed by atoms with Gasteiger partial charge in [0, 0.05) is 24.4 Å². The van der Waals surface area contributed by atoms with Gasteiger partial charge in [0.25, 0.3) is 0 Å². The molecule has 2 aromatic rings. The lowest BCUT2D eigenvalue weighted by Crippen LogP contribution is -2.34. The van der Waals surface area contributed by atoms with Gasteiger partial charge in [0.1, 0.15) is 5.00 Å². The number of esters is 1. The van der Waals surface area contributed by atoms with Gasteiger partial charge in [0.05, 0.1) is 18.3 Å². The average Bonchev–Trinajstić information content (AvgIpc) is 3.31. The molecule has 1 aliphatic rings. The predicted octanol–water partition coefficient (Wildman–Crippen LogP) is 3.98. The molecule has 2 N–H and O–H groups in total. The van der Waals surface area contributed by atoms with Gasteiger partial charge in [0.15, 0.2) is 5.11 Å². The summed E-state index contributed by atoms with van der Waals surface area (Å²) in [7, 11) is 0. The van der Waals surface area contributed by atoms with Crippen molar-refractivity contribution in [2.45, 2.75) is 32.3 Å². The Bertz CT molecular complexity index is 771. The van der Waals surface area contributed by atoms with E-state index in [1.165, 1.54) is 16.9 Å². The molecule has 0 amide bonds. The molecule has 1 unspecified atom stereocenters. The van der Waals surface area contributed by atoms with E-state index in [0.29, 0.717) is 28.8 Å². The van der Waals surface area contributed by atoms with Crippen molar-refractivity contribution >= 4 is 39.6 Å². The number of nitrogens with one attached hydrogen (secondary N) is 2. The fraction of sp³-hybridized carbons (Fsp3) is 0.400. The van der Waals surface area contributed by atoms with Gasteiger partial charge < -0.3 is 20.1 Å². The first kappa shape index (κ1) is 19.8. The fourth-order valence-corrected chi connectivity index (χ4v) is 4.27. The predicted molar refractivity (Wildman–Crippen MR) is 113 cm³/mol. The minimum absolute atomic E-state index is 0.200. The number of thiophene rings is 1. The van der Waals surface area contributed by atoms with Gasteiger partial charge in [-0.2, -0.15) is 0 Å². The number of hydrogen-bond acceptors (Lipinski definition) is 5. The molecule has 1 aromatic carbocycles. The molecule has 2 heterocycles. The van der Waals surface area contributed by atoms with Gasteiger partial charge >= 0.3 is 5.97 Å². The highest BCUT2D eigenvalue weighted by Gasteiger charge is 2.19. The van der Waals surface area contributed by atoms with Crippen molar-refractivity contribution in [3.05, 3.63) is 52.4 Å². The lowest BCUT2D eigenvalue weighted by atomic mass is 10.1. The Hall–Kier alpha value is -1.96. The molecule has 144 valence electrons. The molecule has 0 saturated carbocycles. The molecule has 1 atom stereocenters. The summed E-state index contributed by atoms with van der Waals surface area (Å²) < 4.78 is 10.8. The first-order valence-corrected chi connectivity index (χ1v) is 10.4. The maximum atomic E-state index is 12.3. The summed E-state index contributed by atoms with van der Waals surface area (Å²) in [4.78, 5) is 13.4. The number of carbonyl (C=O) groups is 1. The minimum Gasteiger partial charge on any atom is -0.462 e. The fourth-order valence-electron chi connectivity index (χ4n) is 2.94. The van der Waals surface area contributed by atoms with E-state index in [4.69, 9.17) is 21.7 Å². The van der Waals surface area contributed by atoms with E-state index >= 15 is 0 Å². The molecule has 3 rings (SSSR count). The molecule has 0 bridgehead atoms. The molecule has 1 aliphatic heterocycles. The highest BCUT2D eigenvalue weighted by Crippen LogP contribution is 2.30. The Morgan fingerprint density at radius 1 is 1.37 bits per heavy atom. The summed E-state index contributed by atoms with van der Waals surface area (Å²) in [5.74, 6) is -0.336. The average molecular weight is 405 g/mol. The van der Waals surface area contributed by atoms with Crippen molar-refractivity contribution in [2.24, 2.45) is 0 Å². The van der Waals surface area contributed by atoms with Crippen LogP contribution in [0, 0.1) is 0 Å². The first-order valence-electron chi connectivity index (χ1n) is 9.16. The van der Waals surface area contributed by atoms with Crippen molar-refractivity contribution in [3.8, 4) is 0 Å². The summed E-state index contributed by atoms with van der Waals surface area (Å²) in [5.41, 5.74) is 1.72. The zero-order chi connectivity index (χ0) is 19.1. The van der Waals surface area contributed by atoms with Crippen LogP contribution in [-0.4, -0.2) is 36.9 Å². The second-order valence-electron chi connectivity index (χ2n) is 6.31. The van der Waals surface area contributed by atoms with Crippen molar-refractivity contribution in [1.29, 1.82) is 0 Å². The number of rotatable bonds is 7. The summed E-state index contributed by atoms with van der Waals surface area (Å²) in [6.07, 6.45) is 3.10. The van der Waals surface area contributed by atoms with Gasteiger partial charge in [-0.3, -0.25) is 0 Å². The van der Waals surface area contributed by atoms with Crippen LogP contribution in [0.5, 0.6) is 0 Å². The van der Waals surface area contributed by atoms with Crippen molar-refractivity contribution in [2.75, 3.05) is 25.1 Å². The maximum absolute atomic E-state index is 12.3. The molecule has 1 fully saturated rings. The maximum Gasteiger partial charge on any atom is 0.341 e. The zero-order valence-electron chi connectivity index (χ0n) is 15.3. The Morgan fingerprint density at radius 3 is 2.89 bits per heavy atom. The highest BCUT2D eigenvalue weighted by molar-refractivity contribution is 7.80. The summed E-state index contributed by atoms with van der Waals surface area (Å²) in [6.45, 7) is 3.62. The third kappa shape index (κ3) is 5.76. The Kier molecular flexibility index (Phi) is 7.20. The number of anilines is 1. The topological polar surface area (TPSA) is 59.6 Å². The van der Waals surface area contributed by atoms with Crippen molar-refractivity contribution in [1.82, 2.24) is 5.32 Å². The van der Waals surface area contributed by atoms with Crippen LogP contribution in [0.4, 0.5) is 5.00 Å². The molecule has 5 nitrogen and oxygen atoms in total. The summed E-state index contributed by atoms with van der Waals surface area (Å²) >= 11 is 6.92. The molecule has 0 aliphatic carbocycles. The monoisotopic (exact) mass is 404 g/mol. The van der Waals surface area contributed by atoms with Crippen LogP contribution < -0.4 is 10.6 Å². The van der Waals surface area contributed by atoms with Gasteiger partial charge in [-0.05, 0) is 43.6 Å². The van der Waals surface area contributed by atoms with E-state index < -0.39 is 0 Å². The van der Waals surface area contributed by atoms with Gasteiger partial charge in [0.2, 0.25) is 0 Å². The van der Waals surface area contributed by atoms with Gasteiger partial charge in [-0.25, -0.2) is 4.79 Å². The largest absolute Gasteiger partial charge is 0.462 e. The summed E-state index contributed by atoms with van der Waals surface area (Å²) in [5, 5.41) is 7.54. The van der Waals surface area contributed by atoms with Gasteiger partial charge in [-0.15, -0.1) is 11.3 Å². The molecular formula is C20H24N2O3S2. The number of hydrogen-bond donors (Lipinski definition) is 2. The van der Waals surface area contributed by atoms with E-state index in [0.717, 1.165) is 30.7 Å². The zero-order valence-corrected chi connectivity index (χ0v) is 17.0. The number of benzene rings is 1. The smallest absolute Gasteiger partial charge is 0.341 e. The Morgan fingerprint density at radius 2 is 2.19 bits per heavy atom. The molecule has 7 heteroatoms. The van der Waals surface area contributed by atoms with Crippen LogP contribution in [-0.2, 0) is 15.9 Å². The third-order valence-corrected chi connectivity index (χ3v) is 5.54. The molecule has 1 aromatic heterocycles. The van der Waals surface area contributed by atoms with E-state index in [-0.39, 0.29) is 12.1 Å². The minimum atomic E-state index is -0.336. The first-order chi connectivity index (χ1) is 13.2. The van der Waals surface area contributed by atoms with E-state index in [1.807, 2.05) is 24.3 Å². The highest BCUT2D eigenvalue weighted by atomic mass is 32.1. The quantitative estimate of drug-likeness (QED) is 0.538. The van der Waals surface area contributed by atoms with Crippen LogP contribution in [0.25, 0.3) is 0 Å². The molecule has 1 saturated heterocycles. The Labute approximate surface area is 169 Å². The lowest BCUT2D eigenvalue weighted by Gasteiger charge is -2.14. The van der Waals surface area contributed by atoms with Crippen LogP contribution in [0.3, 0.4) is 0 Å². The third-order valence-electron chi connectivity index (χ3n) is 4.24. The molecule has 0 spiro atoms. The van der Waals surface area contributed by atoms with E-state index in [2.05, 4.69) is 22.8 Å². The van der Waals surface area contributed by atoms with Crippen LogP contribution in [0.1, 0.15) is 40.6 Å². The van der Waals surface area contributed by atoms with Crippen molar-refractivity contribution in [3.63, 3.8) is 0 Å². The van der Waals surface area contributed by atoms with Gasteiger partial charge in [-0.1, -0.05) is 30.3 Å². The van der Waals surface area contributed by atoms with E-state index in [9.17, 15) is 4.79 Å². The molecule has 27 heavy (non-hydrogen) atoms. The standard InChI is InChI=1S/C20H24N2O3S2/c1-2-24-19(23)17-12-16(11-14-7-4-3-5-8-14)27-18(17)22-20(26)21-13-15-9-6-10-25-15/h3-5,7-8,12,15H,2,6,9-11,13H2,1H3,(H2,21,22,26). The normalized spacial score (nSPS) is 16.1. The summed E-state index contributed by atoms with van der Waals surface area (Å²) in [6, 6.07) is 12.1. The molecule has 0 radical (unpaired) electrons. The molecular weight excluding hydrogens is 380 g/mol. The second kappa shape index (κ2) is 9.82. The Balaban J connectivity index is 1.68. The lowest BCUT2D eigenvalue weighted by molar-refractivity contribution is 0.0528. The number of ether oxygens (including phenoxy) is 2. The van der Waals surface area contributed by atoms with Crippen LogP contribution in [0.15, 0.2) is 36.4 Å².